The van der Waals surface area contributed by atoms with Gasteiger partial charge in [0.05, 0.1) is 36.9 Å². The molecule has 8 nitrogen and oxygen atoms in total. The number of carbonyl (C=O) groups excluding carboxylic acids is 1. The van der Waals surface area contributed by atoms with Crippen molar-refractivity contribution in [1.29, 1.82) is 0 Å². The summed E-state index contributed by atoms with van der Waals surface area (Å²) in [4.78, 5) is 25.3. The van der Waals surface area contributed by atoms with Crippen LogP contribution in [0.15, 0.2) is 54.6 Å². The predicted molar refractivity (Wildman–Crippen MR) is 113 cm³/mol. The number of amides is 1. The number of methoxy groups -OCH3 is 1. The van der Waals surface area contributed by atoms with Gasteiger partial charge in [0, 0.05) is 31.8 Å². The van der Waals surface area contributed by atoms with E-state index in [1.54, 1.807) is 25.3 Å². The van der Waals surface area contributed by atoms with Crippen molar-refractivity contribution in [2.24, 2.45) is 0 Å². The van der Waals surface area contributed by atoms with Crippen LogP contribution in [0.1, 0.15) is 17.2 Å². The normalized spacial score (nSPS) is 15.6. The van der Waals surface area contributed by atoms with Crippen molar-refractivity contribution in [3.05, 3.63) is 75.8 Å². The molecule has 1 aliphatic rings. The molecule has 0 radical (unpaired) electrons. The summed E-state index contributed by atoms with van der Waals surface area (Å²) < 4.78 is 10.7. The molecule has 1 atom stereocenters. The number of nitrogens with one attached hydrogen (secondary N) is 1. The Balaban J connectivity index is 1.68. The van der Waals surface area contributed by atoms with E-state index in [9.17, 15) is 14.9 Å². The van der Waals surface area contributed by atoms with Crippen LogP contribution in [0.3, 0.4) is 0 Å². The third kappa shape index (κ3) is 5.65. The SMILES string of the molecule is COc1ccc(C(CNC(=O)/C=C/c2ccccc2[N+](=O)[O-])N2CCOCC2)cc1. The molecule has 0 aromatic heterocycles. The van der Waals surface area contributed by atoms with E-state index in [0.29, 0.717) is 25.3 Å². The van der Waals surface area contributed by atoms with Gasteiger partial charge in [0.25, 0.3) is 5.69 Å². The molecular formula is C22H25N3O5. The minimum atomic E-state index is -0.463. The topological polar surface area (TPSA) is 93.9 Å². The molecule has 1 aliphatic heterocycles. The van der Waals surface area contributed by atoms with Crippen molar-refractivity contribution in [2.75, 3.05) is 40.0 Å². The maximum Gasteiger partial charge on any atom is 0.276 e. The van der Waals surface area contributed by atoms with Crippen LogP contribution in [0.25, 0.3) is 6.08 Å². The molecule has 30 heavy (non-hydrogen) atoms. The third-order valence-corrected chi connectivity index (χ3v) is 5.00. The molecule has 8 heteroatoms. The number of hydrogen-bond acceptors (Lipinski definition) is 6. The lowest BCUT2D eigenvalue weighted by Crippen LogP contribution is -2.43. The maximum absolute atomic E-state index is 12.4. The summed E-state index contributed by atoms with van der Waals surface area (Å²) in [6.07, 6.45) is 2.79. The number of nitro groups is 1. The molecule has 0 aliphatic carbocycles. The second kappa shape index (κ2) is 10.5. The summed E-state index contributed by atoms with van der Waals surface area (Å²) >= 11 is 0. The van der Waals surface area contributed by atoms with Gasteiger partial charge in [0.2, 0.25) is 5.91 Å². The molecule has 1 unspecified atom stereocenters. The molecule has 2 aromatic rings. The van der Waals surface area contributed by atoms with Crippen LogP contribution in [0, 0.1) is 10.1 Å². The lowest BCUT2D eigenvalue weighted by atomic mass is 10.0. The Kier molecular flexibility index (Phi) is 7.53. The fourth-order valence-electron chi connectivity index (χ4n) is 3.39. The maximum atomic E-state index is 12.4. The van der Waals surface area contributed by atoms with Crippen LogP contribution < -0.4 is 10.1 Å². The second-order valence-electron chi connectivity index (χ2n) is 6.83. The van der Waals surface area contributed by atoms with Gasteiger partial charge in [-0.25, -0.2) is 0 Å². The summed E-state index contributed by atoms with van der Waals surface area (Å²) in [5, 5.41) is 14.0. The van der Waals surface area contributed by atoms with Crippen molar-refractivity contribution in [2.45, 2.75) is 6.04 Å². The number of hydrogen-bond donors (Lipinski definition) is 1. The van der Waals surface area contributed by atoms with E-state index in [4.69, 9.17) is 9.47 Å². The molecule has 0 spiro atoms. The lowest BCUT2D eigenvalue weighted by molar-refractivity contribution is -0.385. The first-order valence-electron chi connectivity index (χ1n) is 9.73. The van der Waals surface area contributed by atoms with Crippen molar-refractivity contribution in [3.8, 4) is 5.75 Å². The standard InChI is InChI=1S/C22H25N3O5/c1-29-19-9-6-18(7-10-19)21(24-12-14-30-15-13-24)16-23-22(26)11-8-17-4-2-3-5-20(17)25(27)28/h2-11,21H,12-16H2,1H3,(H,23,26)/b11-8+. The largest absolute Gasteiger partial charge is 0.497 e. The average Bonchev–Trinajstić information content (AvgIpc) is 2.79. The van der Waals surface area contributed by atoms with Gasteiger partial charge in [-0.15, -0.1) is 0 Å². The Morgan fingerprint density at radius 1 is 1.23 bits per heavy atom. The minimum absolute atomic E-state index is 0.0109. The molecular weight excluding hydrogens is 386 g/mol. The number of nitrogens with zero attached hydrogens (tertiary/aromatic N) is 2. The molecule has 0 bridgehead atoms. The van der Waals surface area contributed by atoms with Crippen molar-refractivity contribution >= 4 is 17.7 Å². The van der Waals surface area contributed by atoms with Crippen molar-refractivity contribution < 1.29 is 19.2 Å². The first-order chi connectivity index (χ1) is 14.6. The zero-order valence-corrected chi connectivity index (χ0v) is 16.8. The van der Waals surface area contributed by atoms with Crippen LogP contribution in [0.4, 0.5) is 5.69 Å². The molecule has 1 amide bonds. The molecule has 3 rings (SSSR count). The van der Waals surface area contributed by atoms with Crippen LogP contribution in [0.5, 0.6) is 5.75 Å². The summed E-state index contributed by atoms with van der Waals surface area (Å²) in [6.45, 7) is 3.26. The molecule has 158 valence electrons. The smallest absolute Gasteiger partial charge is 0.276 e. The summed E-state index contributed by atoms with van der Waals surface area (Å²) in [7, 11) is 1.62. The quantitative estimate of drug-likeness (QED) is 0.408. The highest BCUT2D eigenvalue weighted by Crippen LogP contribution is 2.24. The molecule has 1 saturated heterocycles. The first kappa shape index (κ1) is 21.5. The zero-order chi connectivity index (χ0) is 21.3. The van der Waals surface area contributed by atoms with Gasteiger partial charge >= 0.3 is 0 Å². The van der Waals surface area contributed by atoms with E-state index >= 15 is 0 Å². The van der Waals surface area contributed by atoms with E-state index in [2.05, 4.69) is 10.2 Å². The number of morpholine rings is 1. The number of nitro benzene ring substituents is 1. The van der Waals surface area contributed by atoms with E-state index in [0.717, 1.165) is 24.4 Å². The molecule has 1 N–H and O–H groups in total. The van der Waals surface area contributed by atoms with E-state index in [1.165, 1.54) is 18.2 Å². The summed E-state index contributed by atoms with van der Waals surface area (Å²) in [5.74, 6) is 0.468. The Labute approximate surface area is 175 Å². The molecule has 1 heterocycles. The van der Waals surface area contributed by atoms with Gasteiger partial charge in [0.1, 0.15) is 5.75 Å². The predicted octanol–water partition coefficient (Wildman–Crippen LogP) is 2.81. The Morgan fingerprint density at radius 3 is 2.60 bits per heavy atom. The summed E-state index contributed by atoms with van der Waals surface area (Å²) in [5.41, 5.74) is 1.42. The highest BCUT2D eigenvalue weighted by molar-refractivity contribution is 5.92. The van der Waals surface area contributed by atoms with Gasteiger partial charge in [-0.05, 0) is 29.8 Å². The van der Waals surface area contributed by atoms with Crippen LogP contribution in [-0.2, 0) is 9.53 Å². The minimum Gasteiger partial charge on any atom is -0.497 e. The fraction of sp³-hybridized carbons (Fsp3) is 0.318. The van der Waals surface area contributed by atoms with Gasteiger partial charge < -0.3 is 14.8 Å². The van der Waals surface area contributed by atoms with Crippen molar-refractivity contribution in [3.63, 3.8) is 0 Å². The Bertz CT molecular complexity index is 892. The van der Waals surface area contributed by atoms with E-state index in [-0.39, 0.29) is 17.6 Å². The number of ether oxygens (including phenoxy) is 2. The molecule has 0 saturated carbocycles. The number of carbonyl (C=O) groups is 1. The number of benzene rings is 2. The highest BCUT2D eigenvalue weighted by Gasteiger charge is 2.23. The van der Waals surface area contributed by atoms with Crippen LogP contribution in [0.2, 0.25) is 0 Å². The van der Waals surface area contributed by atoms with Gasteiger partial charge in [0.15, 0.2) is 0 Å². The van der Waals surface area contributed by atoms with Crippen LogP contribution >= 0.6 is 0 Å². The first-order valence-corrected chi connectivity index (χ1v) is 9.73. The Morgan fingerprint density at radius 2 is 1.93 bits per heavy atom. The van der Waals surface area contributed by atoms with E-state index < -0.39 is 4.92 Å². The Hall–Kier alpha value is -3.23. The molecule has 1 fully saturated rings. The molecule has 2 aromatic carbocycles. The fourth-order valence-corrected chi connectivity index (χ4v) is 3.39. The zero-order valence-electron chi connectivity index (χ0n) is 16.8. The summed E-state index contributed by atoms with van der Waals surface area (Å²) in [6, 6.07) is 14.1. The monoisotopic (exact) mass is 411 g/mol. The lowest BCUT2D eigenvalue weighted by Gasteiger charge is -2.34. The number of para-hydroxylation sites is 1. The third-order valence-electron chi connectivity index (χ3n) is 5.00. The van der Waals surface area contributed by atoms with Crippen LogP contribution in [-0.4, -0.2) is 55.7 Å². The highest BCUT2D eigenvalue weighted by atomic mass is 16.6. The second-order valence-corrected chi connectivity index (χ2v) is 6.83. The van der Waals surface area contributed by atoms with Gasteiger partial charge in [-0.2, -0.15) is 0 Å². The van der Waals surface area contributed by atoms with E-state index in [1.807, 2.05) is 24.3 Å². The average molecular weight is 411 g/mol. The van der Waals surface area contributed by atoms with Gasteiger partial charge in [-0.1, -0.05) is 24.3 Å². The number of rotatable bonds is 8. The van der Waals surface area contributed by atoms with Crippen molar-refractivity contribution in [1.82, 2.24) is 10.2 Å². The van der Waals surface area contributed by atoms with Gasteiger partial charge in [-0.3, -0.25) is 19.8 Å².